The molecule has 1 rings (SSSR count). The Hall–Kier alpha value is -2.02. The minimum Gasteiger partial charge on any atom is -0.349 e. The Labute approximate surface area is 85.5 Å². The molecule has 0 atom stereocenters. The van der Waals surface area contributed by atoms with Crippen LogP contribution in [0, 0.1) is 10.1 Å². The highest BCUT2D eigenvalue weighted by molar-refractivity contribution is 5.92. The Balaban J connectivity index is 2.81. The first-order valence-corrected chi connectivity index (χ1v) is 4.24. The second kappa shape index (κ2) is 5.01. The predicted octanol–water partition coefficient (Wildman–Crippen LogP) is -0.322. The van der Waals surface area contributed by atoms with E-state index in [4.69, 9.17) is 5.73 Å². The highest BCUT2D eigenvalue weighted by atomic mass is 16.6. The molecule has 7 nitrogen and oxygen atoms in total. The third-order valence-corrected chi connectivity index (χ3v) is 1.62. The summed E-state index contributed by atoms with van der Waals surface area (Å²) in [5.41, 5.74) is 5.04. The third kappa shape index (κ3) is 2.99. The number of hydrogen-bond donors (Lipinski definition) is 2. The average Bonchev–Trinajstić information content (AvgIpc) is 2.26. The van der Waals surface area contributed by atoms with Crippen LogP contribution in [0.4, 0.5) is 5.69 Å². The number of nitrogens with one attached hydrogen (secondary N) is 1. The number of nitro groups is 1. The van der Waals surface area contributed by atoms with E-state index in [1.54, 1.807) is 0 Å². The molecule has 1 amide bonds. The van der Waals surface area contributed by atoms with E-state index in [0.717, 1.165) is 6.07 Å². The number of carbonyl (C=O) groups excluding carboxylic acids is 1. The molecule has 1 heterocycles. The van der Waals surface area contributed by atoms with Crippen molar-refractivity contribution in [2.75, 3.05) is 13.1 Å². The summed E-state index contributed by atoms with van der Waals surface area (Å²) in [6, 6.07) is 2.34. The van der Waals surface area contributed by atoms with Crippen molar-refractivity contribution < 1.29 is 9.72 Å². The molecule has 0 spiro atoms. The summed E-state index contributed by atoms with van der Waals surface area (Å²) in [5, 5.41) is 12.9. The Morgan fingerprint density at radius 1 is 1.67 bits per heavy atom. The summed E-state index contributed by atoms with van der Waals surface area (Å²) < 4.78 is 0. The van der Waals surface area contributed by atoms with Crippen LogP contribution >= 0.6 is 0 Å². The molecule has 0 aliphatic heterocycles. The van der Waals surface area contributed by atoms with Gasteiger partial charge >= 0.3 is 0 Å². The van der Waals surface area contributed by atoms with Gasteiger partial charge in [-0.05, 0) is 0 Å². The van der Waals surface area contributed by atoms with Gasteiger partial charge in [-0.2, -0.15) is 0 Å². The molecule has 7 heteroatoms. The van der Waals surface area contributed by atoms with Gasteiger partial charge in [-0.15, -0.1) is 0 Å². The van der Waals surface area contributed by atoms with Crippen LogP contribution in [0.25, 0.3) is 0 Å². The molecular formula is C8H10N4O3. The van der Waals surface area contributed by atoms with Crippen LogP contribution in [0.15, 0.2) is 18.3 Å². The van der Waals surface area contributed by atoms with Crippen molar-refractivity contribution in [1.29, 1.82) is 0 Å². The smallest absolute Gasteiger partial charge is 0.273 e. The first-order chi connectivity index (χ1) is 7.15. The molecule has 0 aromatic carbocycles. The van der Waals surface area contributed by atoms with Gasteiger partial charge in [0.05, 0.1) is 4.92 Å². The zero-order valence-corrected chi connectivity index (χ0v) is 7.84. The Bertz CT molecular complexity index is 380. The van der Waals surface area contributed by atoms with Crippen LogP contribution in [0.5, 0.6) is 0 Å². The van der Waals surface area contributed by atoms with Crippen molar-refractivity contribution in [1.82, 2.24) is 10.3 Å². The SMILES string of the molecule is NCCNC(=O)c1cc([N+](=O)[O-])ccn1. The second-order valence-corrected chi connectivity index (χ2v) is 2.70. The van der Waals surface area contributed by atoms with Gasteiger partial charge in [-0.1, -0.05) is 0 Å². The van der Waals surface area contributed by atoms with Crippen LogP contribution in [-0.2, 0) is 0 Å². The molecule has 1 aromatic heterocycles. The molecular weight excluding hydrogens is 200 g/mol. The standard InChI is InChI=1S/C8H10N4O3/c9-2-4-11-8(13)7-5-6(12(14)15)1-3-10-7/h1,3,5H,2,4,9H2,(H,11,13). The van der Waals surface area contributed by atoms with E-state index in [-0.39, 0.29) is 11.4 Å². The van der Waals surface area contributed by atoms with Crippen molar-refractivity contribution in [3.63, 3.8) is 0 Å². The summed E-state index contributed by atoms with van der Waals surface area (Å²) in [6.45, 7) is 0.615. The highest BCUT2D eigenvalue weighted by Crippen LogP contribution is 2.10. The zero-order chi connectivity index (χ0) is 11.3. The van der Waals surface area contributed by atoms with Gasteiger partial charge < -0.3 is 11.1 Å². The zero-order valence-electron chi connectivity index (χ0n) is 7.84. The largest absolute Gasteiger partial charge is 0.349 e. The molecule has 3 N–H and O–H groups in total. The maximum absolute atomic E-state index is 11.3. The Morgan fingerprint density at radius 3 is 3.00 bits per heavy atom. The molecule has 0 aliphatic rings. The van der Waals surface area contributed by atoms with Crippen LogP contribution in [0.1, 0.15) is 10.5 Å². The topological polar surface area (TPSA) is 111 Å². The number of pyridine rings is 1. The van der Waals surface area contributed by atoms with Crippen LogP contribution in [0.3, 0.4) is 0 Å². The lowest BCUT2D eigenvalue weighted by atomic mass is 10.3. The molecule has 0 saturated carbocycles. The van der Waals surface area contributed by atoms with Crippen LogP contribution < -0.4 is 11.1 Å². The van der Waals surface area contributed by atoms with Crippen molar-refractivity contribution in [3.05, 3.63) is 34.1 Å². The van der Waals surface area contributed by atoms with Gasteiger partial charge in [-0.25, -0.2) is 0 Å². The van der Waals surface area contributed by atoms with Crippen molar-refractivity contribution in [3.8, 4) is 0 Å². The number of hydrogen-bond acceptors (Lipinski definition) is 5. The van der Waals surface area contributed by atoms with Crippen molar-refractivity contribution >= 4 is 11.6 Å². The van der Waals surface area contributed by atoms with Crippen molar-refractivity contribution in [2.24, 2.45) is 5.73 Å². The fourth-order valence-electron chi connectivity index (χ4n) is 0.933. The van der Waals surface area contributed by atoms with E-state index in [2.05, 4.69) is 10.3 Å². The van der Waals surface area contributed by atoms with E-state index >= 15 is 0 Å². The number of aromatic nitrogens is 1. The van der Waals surface area contributed by atoms with E-state index in [0.29, 0.717) is 13.1 Å². The lowest BCUT2D eigenvalue weighted by Gasteiger charge is -2.01. The Morgan fingerprint density at radius 2 is 2.40 bits per heavy atom. The van der Waals surface area contributed by atoms with Crippen LogP contribution in [-0.4, -0.2) is 28.9 Å². The minimum atomic E-state index is -0.582. The third-order valence-electron chi connectivity index (χ3n) is 1.62. The predicted molar refractivity (Wildman–Crippen MR) is 52.3 cm³/mol. The molecule has 15 heavy (non-hydrogen) atoms. The Kier molecular flexibility index (Phi) is 3.69. The first-order valence-electron chi connectivity index (χ1n) is 4.24. The summed E-state index contributed by atoms with van der Waals surface area (Å²) in [6.07, 6.45) is 1.22. The van der Waals surface area contributed by atoms with E-state index in [1.165, 1.54) is 12.3 Å². The fraction of sp³-hybridized carbons (Fsp3) is 0.250. The molecule has 0 radical (unpaired) electrons. The van der Waals surface area contributed by atoms with Gasteiger partial charge in [0.15, 0.2) is 0 Å². The molecule has 0 unspecified atom stereocenters. The number of nitrogens with two attached hydrogens (primary N) is 1. The van der Waals surface area contributed by atoms with E-state index in [9.17, 15) is 14.9 Å². The number of rotatable bonds is 4. The van der Waals surface area contributed by atoms with Gasteiger partial charge in [0.1, 0.15) is 5.69 Å². The number of amides is 1. The molecule has 80 valence electrons. The average molecular weight is 210 g/mol. The van der Waals surface area contributed by atoms with Crippen LogP contribution in [0.2, 0.25) is 0 Å². The molecule has 0 bridgehead atoms. The summed E-state index contributed by atoms with van der Waals surface area (Å²) in [7, 11) is 0. The van der Waals surface area contributed by atoms with Crippen molar-refractivity contribution in [2.45, 2.75) is 0 Å². The first kappa shape index (κ1) is 11.1. The molecule has 0 aliphatic carbocycles. The van der Waals surface area contributed by atoms with Gasteiger partial charge in [0.25, 0.3) is 11.6 Å². The molecule has 1 aromatic rings. The van der Waals surface area contributed by atoms with E-state index in [1.807, 2.05) is 0 Å². The number of carbonyl (C=O) groups is 1. The summed E-state index contributed by atoms with van der Waals surface area (Å²) in [4.78, 5) is 24.9. The monoisotopic (exact) mass is 210 g/mol. The minimum absolute atomic E-state index is 0.0117. The normalized spacial score (nSPS) is 9.67. The van der Waals surface area contributed by atoms with E-state index < -0.39 is 10.8 Å². The van der Waals surface area contributed by atoms with Gasteiger partial charge in [0, 0.05) is 31.4 Å². The molecule has 0 fully saturated rings. The summed E-state index contributed by atoms with van der Waals surface area (Å²) in [5.74, 6) is -0.468. The maximum atomic E-state index is 11.3. The maximum Gasteiger partial charge on any atom is 0.273 e. The molecule has 0 saturated heterocycles. The lowest BCUT2D eigenvalue weighted by Crippen LogP contribution is -2.29. The fourth-order valence-corrected chi connectivity index (χ4v) is 0.933. The second-order valence-electron chi connectivity index (χ2n) is 2.70. The van der Waals surface area contributed by atoms with Gasteiger partial charge in [0.2, 0.25) is 0 Å². The highest BCUT2D eigenvalue weighted by Gasteiger charge is 2.11. The quantitative estimate of drug-likeness (QED) is 0.522. The summed E-state index contributed by atoms with van der Waals surface area (Å²) >= 11 is 0. The number of nitrogens with zero attached hydrogens (tertiary/aromatic N) is 2. The van der Waals surface area contributed by atoms with Gasteiger partial charge in [-0.3, -0.25) is 19.9 Å². The lowest BCUT2D eigenvalue weighted by molar-refractivity contribution is -0.385.